The molecule has 0 amide bonds. The Morgan fingerprint density at radius 3 is 1.97 bits per heavy atom. The Hall–Kier alpha value is -7.24. The number of aromatic nitrogens is 1. The van der Waals surface area contributed by atoms with Gasteiger partial charge in [-0.15, -0.1) is 0 Å². The number of hydrogen-bond donors (Lipinski definition) is 1. The van der Waals surface area contributed by atoms with Crippen LogP contribution in [0.5, 0.6) is 0 Å². The molecule has 3 aliphatic carbocycles. The third-order valence-electron chi connectivity index (χ3n) is 13.5. The van der Waals surface area contributed by atoms with E-state index < -0.39 is 0 Å². The van der Waals surface area contributed by atoms with Crippen molar-refractivity contribution in [3.05, 3.63) is 203 Å². The molecule has 1 aromatic heterocycles. The second-order valence-corrected chi connectivity index (χ2v) is 17.4. The first-order valence-corrected chi connectivity index (χ1v) is 21.7. The molecule has 8 aromatic carbocycles. The maximum absolute atomic E-state index is 14.9. The maximum Gasteiger partial charge on any atom is 0.125 e. The Labute approximate surface area is 358 Å². The minimum absolute atomic E-state index is 0.0189. The predicted octanol–water partition coefficient (Wildman–Crippen LogP) is 13.8. The zero-order valence-corrected chi connectivity index (χ0v) is 34.6. The molecule has 1 N–H and O–H groups in total. The number of benzene rings is 8. The third-order valence-corrected chi connectivity index (χ3v) is 13.5. The average Bonchev–Trinajstić information content (AvgIpc) is 3.79. The number of fused-ring (bicyclic) bond motifs is 15. The van der Waals surface area contributed by atoms with Crippen LogP contribution in [0.1, 0.15) is 44.2 Å². The minimum Gasteiger partial charge on any atom is -0.354 e. The molecular formula is C57H43F2N3. The molecular weight excluding hydrogens is 765 g/mol. The van der Waals surface area contributed by atoms with E-state index in [1.807, 2.05) is 30.3 Å². The molecule has 0 spiro atoms. The SMILES string of the molecule is CC1(C)c2cc(N(c3ccccc3)c3cccc(F)c3)ccc2-c2c1c1ccccc1c1c3[nH]c4c(c3c3ccccc3c21)=CCC(N(C1=CCCC=C1)c1cccc(F)c1)C=4. The lowest BCUT2D eigenvalue weighted by Crippen LogP contribution is -2.39. The lowest BCUT2D eigenvalue weighted by atomic mass is 9.78. The molecule has 1 heterocycles. The predicted molar refractivity (Wildman–Crippen MR) is 255 cm³/mol. The third kappa shape index (κ3) is 5.47. The number of allylic oxidation sites excluding steroid dienone is 3. The molecule has 0 saturated heterocycles. The zero-order chi connectivity index (χ0) is 41.7. The van der Waals surface area contributed by atoms with Gasteiger partial charge < -0.3 is 14.8 Å². The number of para-hydroxylation sites is 1. The Morgan fingerprint density at radius 2 is 1.24 bits per heavy atom. The largest absolute Gasteiger partial charge is 0.354 e. The Morgan fingerprint density at radius 1 is 0.597 bits per heavy atom. The number of rotatable bonds is 6. The van der Waals surface area contributed by atoms with Crippen LogP contribution in [0, 0.1) is 11.6 Å². The topological polar surface area (TPSA) is 22.3 Å². The molecule has 300 valence electrons. The quantitative estimate of drug-likeness (QED) is 0.169. The number of hydrogen-bond acceptors (Lipinski definition) is 2. The van der Waals surface area contributed by atoms with E-state index >= 15 is 0 Å². The van der Waals surface area contributed by atoms with Crippen LogP contribution >= 0.6 is 0 Å². The number of aromatic amines is 1. The highest BCUT2D eigenvalue weighted by molar-refractivity contribution is 6.35. The molecule has 0 saturated carbocycles. The van der Waals surface area contributed by atoms with Crippen molar-refractivity contribution in [2.24, 2.45) is 0 Å². The molecule has 3 aliphatic rings. The molecule has 0 radical (unpaired) electrons. The van der Waals surface area contributed by atoms with Gasteiger partial charge in [0.1, 0.15) is 11.6 Å². The average molecular weight is 808 g/mol. The lowest BCUT2D eigenvalue weighted by molar-refractivity contribution is 0.626. The molecule has 12 rings (SSSR count). The molecule has 0 aliphatic heterocycles. The molecule has 1 atom stereocenters. The van der Waals surface area contributed by atoms with Crippen LogP contribution in [0.15, 0.2) is 170 Å². The summed E-state index contributed by atoms with van der Waals surface area (Å²) in [4.78, 5) is 8.48. The standard InChI is InChI=1S/C57H43F2N3/c1-57(2)49-33-41(61(37-17-5-3-6-18-37)39-21-13-15-35(58)31-39)27-29-47(49)53-52-44-24-10-9-23-43(44)51-48-30-28-42(62(38-19-7-4-8-20-38)40-22-14-16-36(59)32-40)34-50(48)60-56(51)54(52)45-25-11-12-26-46(45)55(53)57/h3,5-7,9-27,29-34,42,60H,4,8,28H2,1-2H3. The monoisotopic (exact) mass is 807 g/mol. The highest BCUT2D eigenvalue weighted by Crippen LogP contribution is 2.57. The summed E-state index contributed by atoms with van der Waals surface area (Å²) in [5, 5.41) is 10.9. The van der Waals surface area contributed by atoms with Crippen molar-refractivity contribution in [1.29, 1.82) is 0 Å². The van der Waals surface area contributed by atoms with E-state index in [-0.39, 0.29) is 23.1 Å². The second-order valence-electron chi connectivity index (χ2n) is 17.4. The van der Waals surface area contributed by atoms with Gasteiger partial charge >= 0.3 is 0 Å². The highest BCUT2D eigenvalue weighted by Gasteiger charge is 2.40. The summed E-state index contributed by atoms with van der Waals surface area (Å²) in [6.07, 6.45) is 14.2. The zero-order valence-electron chi connectivity index (χ0n) is 34.6. The Kier molecular flexibility index (Phi) is 8.20. The van der Waals surface area contributed by atoms with E-state index in [9.17, 15) is 8.78 Å². The van der Waals surface area contributed by atoms with E-state index in [4.69, 9.17) is 0 Å². The van der Waals surface area contributed by atoms with Gasteiger partial charge in [-0.25, -0.2) is 8.78 Å². The fourth-order valence-electron chi connectivity index (χ4n) is 10.9. The molecule has 3 nitrogen and oxygen atoms in total. The summed E-state index contributed by atoms with van der Waals surface area (Å²) in [6, 6.07) is 48.7. The van der Waals surface area contributed by atoms with Gasteiger partial charge in [0, 0.05) is 60.6 Å². The maximum atomic E-state index is 14.9. The van der Waals surface area contributed by atoms with Crippen LogP contribution in [0.25, 0.3) is 66.5 Å². The molecule has 62 heavy (non-hydrogen) atoms. The van der Waals surface area contributed by atoms with Gasteiger partial charge in [0.05, 0.1) is 11.6 Å². The molecule has 0 fully saturated rings. The number of H-pyrrole nitrogens is 1. The first kappa shape index (κ1) is 36.6. The van der Waals surface area contributed by atoms with E-state index in [1.165, 1.54) is 77.3 Å². The van der Waals surface area contributed by atoms with Crippen molar-refractivity contribution in [3.8, 4) is 11.1 Å². The van der Waals surface area contributed by atoms with Gasteiger partial charge in [-0.3, -0.25) is 0 Å². The van der Waals surface area contributed by atoms with Crippen molar-refractivity contribution in [3.63, 3.8) is 0 Å². The summed E-state index contributed by atoms with van der Waals surface area (Å²) in [5.74, 6) is -0.509. The fourth-order valence-corrected chi connectivity index (χ4v) is 10.9. The second kappa shape index (κ2) is 13.9. The van der Waals surface area contributed by atoms with Crippen molar-refractivity contribution < 1.29 is 8.78 Å². The smallest absolute Gasteiger partial charge is 0.125 e. The van der Waals surface area contributed by atoms with Gasteiger partial charge in [-0.2, -0.15) is 0 Å². The Bertz CT molecular complexity index is 3520. The van der Waals surface area contributed by atoms with E-state index in [2.05, 4.69) is 138 Å². The highest BCUT2D eigenvalue weighted by atomic mass is 19.1. The minimum atomic E-state index is -0.360. The fraction of sp³-hybridized carbons (Fsp3) is 0.123. The van der Waals surface area contributed by atoms with Crippen molar-refractivity contribution in [1.82, 2.24) is 4.98 Å². The summed E-state index contributed by atoms with van der Waals surface area (Å²) in [7, 11) is 0. The van der Waals surface area contributed by atoms with Crippen LogP contribution in [0.2, 0.25) is 0 Å². The van der Waals surface area contributed by atoms with Crippen LogP contribution in [0.3, 0.4) is 0 Å². The van der Waals surface area contributed by atoms with E-state index in [1.54, 1.807) is 24.3 Å². The van der Waals surface area contributed by atoms with Crippen LogP contribution in [-0.4, -0.2) is 11.0 Å². The van der Waals surface area contributed by atoms with Gasteiger partial charge in [0.25, 0.3) is 0 Å². The van der Waals surface area contributed by atoms with Crippen LogP contribution < -0.4 is 20.4 Å². The molecule has 0 bridgehead atoms. The van der Waals surface area contributed by atoms with Gasteiger partial charge in [0.15, 0.2) is 0 Å². The molecule has 5 heteroatoms. The van der Waals surface area contributed by atoms with Gasteiger partial charge in [-0.1, -0.05) is 117 Å². The summed E-state index contributed by atoms with van der Waals surface area (Å²) >= 11 is 0. The number of nitrogens with zero attached hydrogens (tertiary/aromatic N) is 2. The van der Waals surface area contributed by atoms with Gasteiger partial charge in [0.2, 0.25) is 0 Å². The van der Waals surface area contributed by atoms with Crippen LogP contribution in [-0.2, 0) is 5.41 Å². The summed E-state index contributed by atoms with van der Waals surface area (Å²) < 4.78 is 29.7. The van der Waals surface area contributed by atoms with E-state index in [0.29, 0.717) is 0 Å². The summed E-state index contributed by atoms with van der Waals surface area (Å²) in [6.45, 7) is 4.71. The van der Waals surface area contributed by atoms with Crippen molar-refractivity contribution in [2.75, 3.05) is 9.80 Å². The molecule has 9 aromatic rings. The normalized spacial score (nSPS) is 16.1. The number of halogens is 2. The van der Waals surface area contributed by atoms with Crippen molar-refractivity contribution in [2.45, 2.75) is 44.6 Å². The number of nitrogens with one attached hydrogen (secondary N) is 1. The van der Waals surface area contributed by atoms with Gasteiger partial charge in [-0.05, 0) is 136 Å². The first-order valence-electron chi connectivity index (χ1n) is 21.7. The summed E-state index contributed by atoms with van der Waals surface area (Å²) in [5.41, 5.74) is 10.5. The van der Waals surface area contributed by atoms with Crippen LogP contribution in [0.4, 0.5) is 31.5 Å². The lowest BCUT2D eigenvalue weighted by Gasteiger charge is -2.34. The molecule has 1 unspecified atom stereocenters. The van der Waals surface area contributed by atoms with E-state index in [0.717, 1.165) is 58.6 Å². The Balaban J connectivity index is 1.13. The number of anilines is 4. The first-order chi connectivity index (χ1) is 30.3. The van der Waals surface area contributed by atoms with Crippen molar-refractivity contribution >= 4 is 78.1 Å².